The summed E-state index contributed by atoms with van der Waals surface area (Å²) >= 11 is 0. The number of carbonyl (C=O) groups excluding carboxylic acids is 2. The van der Waals surface area contributed by atoms with Crippen molar-refractivity contribution in [1.29, 1.82) is 0 Å². The Hall–Kier alpha value is -3.57. The average molecular weight is 545 g/mol. The highest BCUT2D eigenvalue weighted by molar-refractivity contribution is 7.86. The summed E-state index contributed by atoms with van der Waals surface area (Å²) in [6.07, 6.45) is 2.32. The largest absolute Gasteiger partial charge is 0.465 e. The Morgan fingerprint density at radius 1 is 0.842 bits per heavy atom. The van der Waals surface area contributed by atoms with E-state index < -0.39 is 21.0 Å². The van der Waals surface area contributed by atoms with Gasteiger partial charge in [0.05, 0.1) is 32.0 Å². The molecule has 3 aromatic carbocycles. The molecule has 0 aromatic heterocycles. The van der Waals surface area contributed by atoms with Crippen LogP contribution in [0.2, 0.25) is 0 Å². The van der Waals surface area contributed by atoms with Gasteiger partial charge in [-0.05, 0) is 53.8 Å². The van der Waals surface area contributed by atoms with Gasteiger partial charge < -0.3 is 9.47 Å². The number of hydrogen-bond acceptors (Lipinski definition) is 8. The maximum Gasteiger partial charge on any atom is 0.339 e. The fraction of sp³-hybridized carbons (Fsp3) is 0.286. The molecule has 10 heteroatoms. The Labute approximate surface area is 223 Å². The number of ether oxygens (including phenoxy) is 2. The number of rotatable bonds is 11. The molecule has 0 spiro atoms. The third-order valence-corrected chi connectivity index (χ3v) is 6.12. The van der Waals surface area contributed by atoms with Gasteiger partial charge in [-0.3, -0.25) is 4.55 Å². The van der Waals surface area contributed by atoms with Crippen molar-refractivity contribution in [2.45, 2.75) is 37.7 Å². The molecular formula is C28H32O9S. The fourth-order valence-corrected chi connectivity index (χ4v) is 4.05. The van der Waals surface area contributed by atoms with Gasteiger partial charge in [-0.15, -0.1) is 0 Å². The summed E-state index contributed by atoms with van der Waals surface area (Å²) in [6.45, 7) is 2.58. The molecule has 0 bridgehead atoms. The van der Waals surface area contributed by atoms with Gasteiger partial charge in [0, 0.05) is 0 Å². The Bertz CT molecular complexity index is 1300. The number of esters is 2. The topological polar surface area (TPSA) is 125 Å². The molecule has 0 saturated carbocycles. The molecule has 0 heterocycles. The second-order valence-corrected chi connectivity index (χ2v) is 9.47. The van der Waals surface area contributed by atoms with E-state index in [1.807, 2.05) is 43.3 Å². The minimum Gasteiger partial charge on any atom is -0.465 e. The summed E-state index contributed by atoms with van der Waals surface area (Å²) in [5, 5.41) is 0. The van der Waals surface area contributed by atoms with Crippen molar-refractivity contribution in [3.05, 3.63) is 101 Å². The van der Waals surface area contributed by atoms with Gasteiger partial charge >= 0.3 is 11.9 Å². The summed E-state index contributed by atoms with van der Waals surface area (Å²) < 4.78 is 40.7. The maximum atomic E-state index is 11.6. The van der Waals surface area contributed by atoms with Crippen molar-refractivity contribution in [1.82, 2.24) is 0 Å². The Balaban J connectivity index is 0.000000273. The van der Waals surface area contributed by atoms with Crippen LogP contribution in [0.5, 0.6) is 0 Å². The highest BCUT2D eigenvalue weighted by Crippen LogP contribution is 2.16. The average Bonchev–Trinajstić information content (AvgIpc) is 2.92. The first-order valence-corrected chi connectivity index (χ1v) is 13.3. The van der Waals surface area contributed by atoms with Crippen molar-refractivity contribution in [3.8, 4) is 0 Å². The third kappa shape index (κ3) is 10.1. The van der Waals surface area contributed by atoms with Crippen LogP contribution in [-0.2, 0) is 42.4 Å². The Morgan fingerprint density at radius 2 is 1.50 bits per heavy atom. The highest BCUT2D eigenvalue weighted by Gasteiger charge is 2.20. The van der Waals surface area contributed by atoms with Gasteiger partial charge in [-0.25, -0.2) is 19.4 Å². The van der Waals surface area contributed by atoms with Crippen molar-refractivity contribution in [3.63, 3.8) is 0 Å². The van der Waals surface area contributed by atoms with Gasteiger partial charge in [-0.2, -0.15) is 8.42 Å². The molecule has 38 heavy (non-hydrogen) atoms. The van der Waals surface area contributed by atoms with Crippen LogP contribution in [0.1, 0.15) is 57.2 Å². The molecule has 9 nitrogen and oxygen atoms in total. The smallest absolute Gasteiger partial charge is 0.339 e. The monoisotopic (exact) mass is 544 g/mol. The predicted molar refractivity (Wildman–Crippen MR) is 140 cm³/mol. The molecule has 1 N–H and O–H groups in total. The Kier molecular flexibility index (Phi) is 12.6. The summed E-state index contributed by atoms with van der Waals surface area (Å²) in [5.74, 6) is -1.06. The number of benzene rings is 3. The summed E-state index contributed by atoms with van der Waals surface area (Å²) in [7, 11) is -1.54. The normalized spacial score (nSPS) is 10.7. The van der Waals surface area contributed by atoms with E-state index in [4.69, 9.17) is 18.9 Å². The lowest BCUT2D eigenvalue weighted by molar-refractivity contribution is -0.282. The molecule has 3 aromatic rings. The van der Waals surface area contributed by atoms with Crippen LogP contribution in [-0.4, -0.2) is 45.7 Å². The number of hydrogen-bond donors (Lipinski definition) is 1. The number of carbonyl (C=O) groups is 2. The van der Waals surface area contributed by atoms with Crippen molar-refractivity contribution in [2.75, 3.05) is 20.8 Å². The maximum absolute atomic E-state index is 11.6. The second-order valence-electron chi connectivity index (χ2n) is 8.08. The molecule has 0 aliphatic heterocycles. The molecule has 204 valence electrons. The van der Waals surface area contributed by atoms with Crippen molar-refractivity contribution < 1.29 is 41.8 Å². The zero-order chi connectivity index (χ0) is 28.0. The van der Waals surface area contributed by atoms with Crippen LogP contribution in [0.25, 0.3) is 0 Å². The lowest BCUT2D eigenvalue weighted by Crippen LogP contribution is -2.12. The van der Waals surface area contributed by atoms with Gasteiger partial charge in [0.25, 0.3) is 10.1 Å². The lowest BCUT2D eigenvalue weighted by atomic mass is 10.0. The van der Waals surface area contributed by atoms with Crippen LogP contribution in [0.4, 0.5) is 0 Å². The van der Waals surface area contributed by atoms with Crippen molar-refractivity contribution in [2.24, 2.45) is 0 Å². The SMILES string of the molecule is CCCCOC(=O)c1ccccc1S(=O)(=O)O.COOCc1cccc(Cc2cccc(C(=O)OC)c2)c1. The van der Waals surface area contributed by atoms with E-state index in [0.29, 0.717) is 18.6 Å². The minimum atomic E-state index is -4.41. The zero-order valence-corrected chi connectivity index (χ0v) is 22.4. The lowest BCUT2D eigenvalue weighted by Gasteiger charge is -2.07. The summed E-state index contributed by atoms with van der Waals surface area (Å²) in [6, 6.07) is 20.9. The van der Waals surface area contributed by atoms with Gasteiger partial charge in [0.2, 0.25) is 0 Å². The Morgan fingerprint density at radius 3 is 2.16 bits per heavy atom. The van der Waals surface area contributed by atoms with E-state index in [0.717, 1.165) is 35.6 Å². The van der Waals surface area contributed by atoms with Crippen molar-refractivity contribution >= 4 is 22.1 Å². The van der Waals surface area contributed by atoms with Crippen LogP contribution in [0, 0.1) is 0 Å². The summed E-state index contributed by atoms with van der Waals surface area (Å²) in [4.78, 5) is 32.2. The first-order chi connectivity index (χ1) is 18.2. The van der Waals surface area contributed by atoms with E-state index in [1.165, 1.54) is 32.4 Å². The van der Waals surface area contributed by atoms with Gasteiger partial charge in [0.15, 0.2) is 0 Å². The first kappa shape index (κ1) is 30.7. The van der Waals surface area contributed by atoms with E-state index in [1.54, 1.807) is 6.07 Å². The van der Waals surface area contributed by atoms with Crippen LogP contribution in [0.15, 0.2) is 77.7 Å². The van der Waals surface area contributed by atoms with E-state index >= 15 is 0 Å². The molecule has 0 aliphatic rings. The van der Waals surface area contributed by atoms with Crippen LogP contribution < -0.4 is 0 Å². The van der Waals surface area contributed by atoms with E-state index in [9.17, 15) is 18.0 Å². The molecule has 0 aliphatic carbocycles. The molecule has 0 atom stereocenters. The molecule has 0 unspecified atom stereocenters. The number of unbranched alkanes of at least 4 members (excludes halogenated alkanes) is 1. The number of methoxy groups -OCH3 is 1. The molecular weight excluding hydrogens is 512 g/mol. The van der Waals surface area contributed by atoms with Crippen LogP contribution >= 0.6 is 0 Å². The van der Waals surface area contributed by atoms with Crippen LogP contribution in [0.3, 0.4) is 0 Å². The van der Waals surface area contributed by atoms with E-state index in [2.05, 4.69) is 11.0 Å². The van der Waals surface area contributed by atoms with Gasteiger partial charge in [0.1, 0.15) is 11.5 Å². The zero-order valence-electron chi connectivity index (χ0n) is 21.6. The molecule has 3 rings (SSSR count). The third-order valence-electron chi connectivity index (χ3n) is 5.21. The molecule has 0 saturated heterocycles. The van der Waals surface area contributed by atoms with Gasteiger partial charge in [-0.1, -0.05) is 61.9 Å². The standard InChI is InChI=1S/C17H18O4.C11H14O5S/c1-19-17(18)16-8-4-6-14(11-16)9-13-5-3-7-15(10-13)12-21-20-2;1-2-3-8-16-11(12)9-6-4-5-7-10(9)17(13,14)15/h3-8,10-11H,9,12H2,1-2H3;4-7H,2-3,8H2,1H3,(H,13,14,15). The first-order valence-electron chi connectivity index (χ1n) is 11.8. The second kappa shape index (κ2) is 15.6. The van der Waals surface area contributed by atoms with E-state index in [-0.39, 0.29) is 18.1 Å². The highest BCUT2D eigenvalue weighted by atomic mass is 32.2. The molecule has 0 amide bonds. The summed E-state index contributed by atoms with van der Waals surface area (Å²) in [5.41, 5.74) is 3.66. The fourth-order valence-electron chi connectivity index (χ4n) is 3.37. The molecule has 0 radical (unpaired) electrons. The minimum absolute atomic E-state index is 0.147. The quantitative estimate of drug-likeness (QED) is 0.116. The predicted octanol–water partition coefficient (Wildman–Crippen LogP) is 5.03. The molecule has 0 fully saturated rings.